The summed E-state index contributed by atoms with van der Waals surface area (Å²) in [6.07, 6.45) is 2.36. The molecule has 0 aromatic heterocycles. The molecule has 3 nitrogen and oxygen atoms in total. The number of amidine groups is 1. The number of rotatable bonds is 6. The Labute approximate surface area is 111 Å². The molecule has 1 aromatic rings. The van der Waals surface area contributed by atoms with Crippen LogP contribution in [-0.4, -0.2) is 23.8 Å². The van der Waals surface area contributed by atoms with Crippen LogP contribution in [0, 0.1) is 12.3 Å². The number of nitrogens with two attached hydrogens (primary N) is 1. The highest BCUT2D eigenvalue weighted by atomic mass is 15.1. The summed E-state index contributed by atoms with van der Waals surface area (Å²) >= 11 is 0. The standard InChI is InChI=1S/C15H25N3/c1-5-14(6-2)18(4)10-13-8-7-12(15(16)17)9-11(13)3/h7-9,14H,5-6,10H2,1-4H3,(H3,16,17). The van der Waals surface area contributed by atoms with E-state index >= 15 is 0 Å². The summed E-state index contributed by atoms with van der Waals surface area (Å²) in [4.78, 5) is 2.40. The number of aryl methyl sites for hydroxylation is 1. The zero-order valence-electron chi connectivity index (χ0n) is 12.0. The monoisotopic (exact) mass is 247 g/mol. The topological polar surface area (TPSA) is 53.1 Å². The first-order chi connectivity index (χ1) is 8.49. The lowest BCUT2D eigenvalue weighted by molar-refractivity contribution is 0.221. The van der Waals surface area contributed by atoms with E-state index in [1.165, 1.54) is 24.0 Å². The second-order valence-electron chi connectivity index (χ2n) is 4.94. The minimum atomic E-state index is 0.137. The van der Waals surface area contributed by atoms with E-state index in [1.54, 1.807) is 0 Å². The number of hydrogen-bond donors (Lipinski definition) is 2. The fraction of sp³-hybridized carbons (Fsp3) is 0.533. The predicted octanol–water partition coefficient (Wildman–Crippen LogP) is 2.90. The molecule has 3 N–H and O–H groups in total. The van der Waals surface area contributed by atoms with Gasteiger partial charge in [0.2, 0.25) is 0 Å². The van der Waals surface area contributed by atoms with Gasteiger partial charge < -0.3 is 5.73 Å². The van der Waals surface area contributed by atoms with Crippen LogP contribution >= 0.6 is 0 Å². The molecule has 0 unspecified atom stereocenters. The second kappa shape index (κ2) is 6.55. The van der Waals surface area contributed by atoms with Crippen molar-refractivity contribution in [1.29, 1.82) is 5.41 Å². The summed E-state index contributed by atoms with van der Waals surface area (Å²) in [7, 11) is 2.18. The Balaban J connectivity index is 2.82. The number of nitrogen functional groups attached to an aromatic ring is 1. The smallest absolute Gasteiger partial charge is 0.122 e. The largest absolute Gasteiger partial charge is 0.384 e. The molecule has 18 heavy (non-hydrogen) atoms. The van der Waals surface area contributed by atoms with Gasteiger partial charge in [-0.2, -0.15) is 0 Å². The van der Waals surface area contributed by atoms with Gasteiger partial charge in [-0.15, -0.1) is 0 Å². The van der Waals surface area contributed by atoms with Gasteiger partial charge in [0.25, 0.3) is 0 Å². The molecular weight excluding hydrogens is 222 g/mol. The SMILES string of the molecule is CCC(CC)N(C)Cc1ccc(C(=N)N)cc1C. The van der Waals surface area contributed by atoms with E-state index in [-0.39, 0.29) is 5.84 Å². The molecule has 1 aromatic carbocycles. The summed E-state index contributed by atoms with van der Waals surface area (Å²) in [5.41, 5.74) is 8.83. The van der Waals surface area contributed by atoms with Gasteiger partial charge in [-0.3, -0.25) is 10.3 Å². The summed E-state index contributed by atoms with van der Waals surface area (Å²) in [5.74, 6) is 0.137. The van der Waals surface area contributed by atoms with Crippen LogP contribution in [0.5, 0.6) is 0 Å². The summed E-state index contributed by atoms with van der Waals surface area (Å²) in [6.45, 7) is 7.51. The lowest BCUT2D eigenvalue weighted by atomic mass is 10.0. The van der Waals surface area contributed by atoms with Gasteiger partial charge in [-0.05, 0) is 44.0 Å². The van der Waals surface area contributed by atoms with Crippen LogP contribution < -0.4 is 5.73 Å². The molecular formula is C15H25N3. The van der Waals surface area contributed by atoms with Gasteiger partial charge in [-0.25, -0.2) is 0 Å². The number of nitrogens with one attached hydrogen (secondary N) is 1. The predicted molar refractivity (Wildman–Crippen MR) is 78.0 cm³/mol. The summed E-state index contributed by atoms with van der Waals surface area (Å²) in [5, 5.41) is 7.44. The molecule has 0 saturated heterocycles. The van der Waals surface area contributed by atoms with Crippen molar-refractivity contribution < 1.29 is 0 Å². The lowest BCUT2D eigenvalue weighted by Crippen LogP contribution is -2.30. The Kier molecular flexibility index (Phi) is 5.35. The highest BCUT2D eigenvalue weighted by Crippen LogP contribution is 2.16. The van der Waals surface area contributed by atoms with Crippen LogP contribution in [0.3, 0.4) is 0 Å². The third-order valence-electron chi connectivity index (χ3n) is 3.64. The van der Waals surface area contributed by atoms with Crippen molar-refractivity contribution in [3.63, 3.8) is 0 Å². The van der Waals surface area contributed by atoms with Crippen molar-refractivity contribution in [2.75, 3.05) is 7.05 Å². The van der Waals surface area contributed by atoms with E-state index in [0.717, 1.165) is 12.1 Å². The van der Waals surface area contributed by atoms with Crippen LogP contribution in [0.4, 0.5) is 0 Å². The van der Waals surface area contributed by atoms with Crippen LogP contribution in [0.2, 0.25) is 0 Å². The average molecular weight is 247 g/mol. The number of nitrogens with zero attached hydrogens (tertiary/aromatic N) is 1. The highest BCUT2D eigenvalue weighted by Gasteiger charge is 2.12. The summed E-state index contributed by atoms with van der Waals surface area (Å²) in [6, 6.07) is 6.66. The normalized spacial score (nSPS) is 11.2. The maximum atomic E-state index is 7.44. The third-order valence-corrected chi connectivity index (χ3v) is 3.64. The molecule has 0 aliphatic rings. The number of benzene rings is 1. The van der Waals surface area contributed by atoms with E-state index in [0.29, 0.717) is 6.04 Å². The molecule has 0 aliphatic heterocycles. The summed E-state index contributed by atoms with van der Waals surface area (Å²) < 4.78 is 0. The molecule has 0 saturated carbocycles. The zero-order valence-corrected chi connectivity index (χ0v) is 12.0. The van der Waals surface area contributed by atoms with Gasteiger partial charge in [0.05, 0.1) is 0 Å². The van der Waals surface area contributed by atoms with E-state index in [9.17, 15) is 0 Å². The first kappa shape index (κ1) is 14.7. The van der Waals surface area contributed by atoms with Crippen LogP contribution in [-0.2, 0) is 6.54 Å². The Morgan fingerprint density at radius 2 is 1.94 bits per heavy atom. The fourth-order valence-corrected chi connectivity index (χ4v) is 2.35. The Bertz CT molecular complexity index is 408. The van der Waals surface area contributed by atoms with Crippen molar-refractivity contribution in [1.82, 2.24) is 4.90 Å². The molecule has 0 bridgehead atoms. The molecule has 0 amide bonds. The first-order valence-electron chi connectivity index (χ1n) is 6.63. The second-order valence-corrected chi connectivity index (χ2v) is 4.94. The van der Waals surface area contributed by atoms with E-state index in [1.807, 2.05) is 12.1 Å². The molecule has 0 radical (unpaired) electrons. The van der Waals surface area contributed by atoms with Crippen molar-refractivity contribution in [2.24, 2.45) is 5.73 Å². The molecule has 1 rings (SSSR count). The number of hydrogen-bond acceptors (Lipinski definition) is 2. The quantitative estimate of drug-likeness (QED) is 0.600. The Hall–Kier alpha value is -1.35. The van der Waals surface area contributed by atoms with E-state index in [4.69, 9.17) is 11.1 Å². The molecule has 3 heteroatoms. The lowest BCUT2D eigenvalue weighted by Gasteiger charge is -2.26. The maximum absolute atomic E-state index is 7.44. The van der Waals surface area contributed by atoms with Gasteiger partial charge in [0.1, 0.15) is 5.84 Å². The molecule has 100 valence electrons. The Morgan fingerprint density at radius 1 is 1.33 bits per heavy atom. The van der Waals surface area contributed by atoms with Gasteiger partial charge in [-0.1, -0.05) is 26.0 Å². The van der Waals surface area contributed by atoms with Gasteiger partial charge in [0, 0.05) is 18.2 Å². The molecule has 0 heterocycles. The minimum absolute atomic E-state index is 0.137. The van der Waals surface area contributed by atoms with Crippen molar-refractivity contribution in [3.8, 4) is 0 Å². The van der Waals surface area contributed by atoms with Crippen molar-refractivity contribution in [3.05, 3.63) is 34.9 Å². The highest BCUT2D eigenvalue weighted by molar-refractivity contribution is 5.95. The molecule has 0 spiro atoms. The van der Waals surface area contributed by atoms with Gasteiger partial charge >= 0.3 is 0 Å². The molecule has 0 atom stereocenters. The average Bonchev–Trinajstić information content (AvgIpc) is 2.33. The maximum Gasteiger partial charge on any atom is 0.122 e. The zero-order chi connectivity index (χ0) is 13.7. The van der Waals surface area contributed by atoms with E-state index < -0.39 is 0 Å². The fourth-order valence-electron chi connectivity index (χ4n) is 2.35. The van der Waals surface area contributed by atoms with Crippen molar-refractivity contribution in [2.45, 2.75) is 46.2 Å². The third kappa shape index (κ3) is 3.57. The first-order valence-corrected chi connectivity index (χ1v) is 6.63. The van der Waals surface area contributed by atoms with E-state index in [2.05, 4.69) is 38.8 Å². The van der Waals surface area contributed by atoms with Gasteiger partial charge in [0.15, 0.2) is 0 Å². The van der Waals surface area contributed by atoms with Crippen LogP contribution in [0.25, 0.3) is 0 Å². The minimum Gasteiger partial charge on any atom is -0.384 e. The van der Waals surface area contributed by atoms with Crippen LogP contribution in [0.1, 0.15) is 43.4 Å². The molecule has 0 fully saturated rings. The molecule has 0 aliphatic carbocycles. The van der Waals surface area contributed by atoms with Crippen molar-refractivity contribution >= 4 is 5.84 Å². The van der Waals surface area contributed by atoms with Crippen LogP contribution in [0.15, 0.2) is 18.2 Å². The Morgan fingerprint density at radius 3 is 2.39 bits per heavy atom.